The van der Waals surface area contributed by atoms with E-state index in [1.54, 1.807) is 21.8 Å². The Morgan fingerprint density at radius 3 is 2.46 bits per heavy atom. The molecule has 0 saturated carbocycles. The van der Waals surface area contributed by atoms with Gasteiger partial charge in [-0.1, -0.05) is 23.7 Å². The fourth-order valence-electron chi connectivity index (χ4n) is 3.83. The van der Waals surface area contributed by atoms with Gasteiger partial charge in [-0.25, -0.2) is 22.3 Å². The number of nitrogens with one attached hydrogen (secondary N) is 1. The Balaban J connectivity index is 1.66. The number of halogens is 2. The van der Waals surface area contributed by atoms with E-state index in [2.05, 4.69) is 9.64 Å². The van der Waals surface area contributed by atoms with Gasteiger partial charge in [-0.05, 0) is 49.7 Å². The first-order valence-corrected chi connectivity index (χ1v) is 12.7. The Hall–Kier alpha value is -2.89. The number of ether oxygens (including phenoxy) is 2. The Kier molecular flexibility index (Phi) is 8.57. The summed E-state index contributed by atoms with van der Waals surface area (Å²) in [5, 5.41) is 0.105. The summed E-state index contributed by atoms with van der Waals surface area (Å²) >= 11 is 5.93. The molecule has 2 aromatic rings. The largest absolute Gasteiger partial charge is 0.482 e. The molecule has 0 unspecified atom stereocenters. The van der Waals surface area contributed by atoms with E-state index in [1.165, 1.54) is 24.3 Å². The van der Waals surface area contributed by atoms with Crippen LogP contribution in [0.15, 0.2) is 47.4 Å². The quantitative estimate of drug-likeness (QED) is 0.590. The normalized spacial score (nSPS) is 18.7. The van der Waals surface area contributed by atoms with E-state index in [9.17, 15) is 22.4 Å². The van der Waals surface area contributed by atoms with Crippen molar-refractivity contribution >= 4 is 33.6 Å². The number of sulfonamides is 1. The molecule has 0 aliphatic carbocycles. The molecule has 9 nitrogen and oxygen atoms in total. The van der Waals surface area contributed by atoms with Gasteiger partial charge < -0.3 is 14.4 Å². The topological polar surface area (TPSA) is 105 Å². The van der Waals surface area contributed by atoms with Crippen molar-refractivity contribution in [2.24, 2.45) is 0 Å². The third-order valence-electron chi connectivity index (χ3n) is 5.68. The van der Waals surface area contributed by atoms with Gasteiger partial charge in [0.25, 0.3) is 15.9 Å². The molecule has 0 radical (unpaired) electrons. The molecule has 1 fully saturated rings. The molecule has 1 N–H and O–H groups in total. The van der Waals surface area contributed by atoms with E-state index in [0.29, 0.717) is 19.6 Å². The van der Waals surface area contributed by atoms with E-state index in [-0.39, 0.29) is 34.6 Å². The summed E-state index contributed by atoms with van der Waals surface area (Å²) in [5.41, 5.74) is 0.977. The lowest BCUT2D eigenvalue weighted by atomic mass is 10.1. The van der Waals surface area contributed by atoms with Crippen LogP contribution in [0, 0.1) is 5.82 Å². The molecule has 35 heavy (non-hydrogen) atoms. The Morgan fingerprint density at radius 2 is 1.80 bits per heavy atom. The molecule has 0 aromatic heterocycles. The van der Waals surface area contributed by atoms with Gasteiger partial charge in [0.1, 0.15) is 16.5 Å². The minimum absolute atomic E-state index is 0.0379. The fraction of sp³-hybridized carbons (Fsp3) is 0.391. The fourth-order valence-corrected chi connectivity index (χ4v) is 5.15. The van der Waals surface area contributed by atoms with Crippen LogP contribution < -0.4 is 9.46 Å². The number of rotatable bonds is 7. The summed E-state index contributed by atoms with van der Waals surface area (Å²) in [5.74, 6) is -0.733. The maximum absolute atomic E-state index is 13.2. The van der Waals surface area contributed by atoms with Crippen LogP contribution in [0.4, 0.5) is 9.18 Å². The van der Waals surface area contributed by atoms with E-state index in [0.717, 1.165) is 18.7 Å². The number of nitrogens with zero attached hydrogens (tertiary/aromatic N) is 2. The standard InChI is InChI=1S/C23H27ClFN3O6S/c1-15-12-28(16(2)11-27(15)13-17-4-7-19(25)8-5-17)22(29)14-34-20-9-6-18(24)10-21(20)35(31,32)26-23(30)33-3/h4-10,15-16H,11-14H2,1-3H3,(H,26,30)/t15-,16+/m0/s1. The third kappa shape index (κ3) is 6.83. The molecule has 0 spiro atoms. The van der Waals surface area contributed by atoms with Gasteiger partial charge in [0.15, 0.2) is 6.61 Å². The number of carbonyl (C=O) groups is 2. The zero-order valence-electron chi connectivity index (χ0n) is 19.5. The van der Waals surface area contributed by atoms with Gasteiger partial charge in [0.05, 0.1) is 7.11 Å². The highest BCUT2D eigenvalue weighted by Crippen LogP contribution is 2.28. The van der Waals surface area contributed by atoms with Gasteiger partial charge in [-0.2, -0.15) is 0 Å². The van der Waals surface area contributed by atoms with Gasteiger partial charge in [-0.15, -0.1) is 0 Å². The first kappa shape index (κ1) is 26.7. The molecule has 2 atom stereocenters. The lowest BCUT2D eigenvalue weighted by molar-refractivity contribution is -0.139. The second kappa shape index (κ2) is 11.2. The molecule has 3 rings (SSSR count). The molecule has 0 bridgehead atoms. The highest BCUT2D eigenvalue weighted by atomic mass is 35.5. The van der Waals surface area contributed by atoms with Crippen molar-refractivity contribution in [3.05, 3.63) is 58.9 Å². The van der Waals surface area contributed by atoms with Crippen LogP contribution in [-0.2, 0) is 26.1 Å². The Morgan fingerprint density at radius 1 is 1.11 bits per heavy atom. The molecular formula is C23H27ClFN3O6S. The average Bonchev–Trinajstić information content (AvgIpc) is 2.81. The second-order valence-corrected chi connectivity index (χ2v) is 10.4. The van der Waals surface area contributed by atoms with Crippen molar-refractivity contribution in [3.8, 4) is 5.75 Å². The first-order chi connectivity index (χ1) is 16.5. The minimum Gasteiger partial charge on any atom is -0.482 e. The zero-order chi connectivity index (χ0) is 25.8. The number of piperazine rings is 1. The number of hydrogen-bond acceptors (Lipinski definition) is 7. The molecule has 2 aromatic carbocycles. The van der Waals surface area contributed by atoms with Gasteiger partial charge >= 0.3 is 6.09 Å². The average molecular weight is 528 g/mol. The lowest BCUT2D eigenvalue weighted by Crippen LogP contribution is -2.58. The van der Waals surface area contributed by atoms with Gasteiger partial charge in [0, 0.05) is 36.7 Å². The molecule has 1 aliphatic rings. The maximum atomic E-state index is 13.2. The zero-order valence-corrected chi connectivity index (χ0v) is 21.1. The highest BCUT2D eigenvalue weighted by Gasteiger charge is 2.32. The third-order valence-corrected chi connectivity index (χ3v) is 7.25. The summed E-state index contributed by atoms with van der Waals surface area (Å²) in [6, 6.07) is 10.1. The molecule has 1 aliphatic heterocycles. The van der Waals surface area contributed by atoms with Crippen molar-refractivity contribution in [2.75, 3.05) is 26.8 Å². The number of amides is 2. The summed E-state index contributed by atoms with van der Waals surface area (Å²) in [6.07, 6.45) is -1.17. The van der Waals surface area contributed by atoms with E-state index >= 15 is 0 Å². The summed E-state index contributed by atoms with van der Waals surface area (Å²) in [4.78, 5) is 27.9. The molecule has 1 heterocycles. The maximum Gasteiger partial charge on any atom is 0.420 e. The summed E-state index contributed by atoms with van der Waals surface area (Å²) in [7, 11) is -3.32. The molecule has 2 amide bonds. The van der Waals surface area contributed by atoms with Crippen molar-refractivity contribution < 1.29 is 31.9 Å². The van der Waals surface area contributed by atoms with Gasteiger partial charge in [-0.3, -0.25) is 9.69 Å². The molecule has 1 saturated heterocycles. The molecular weight excluding hydrogens is 501 g/mol. The number of carbonyl (C=O) groups excluding carboxylic acids is 2. The van der Waals surface area contributed by atoms with Crippen LogP contribution >= 0.6 is 11.6 Å². The monoisotopic (exact) mass is 527 g/mol. The Labute approximate surface area is 208 Å². The summed E-state index contributed by atoms with van der Waals surface area (Å²) < 4.78 is 49.9. The van der Waals surface area contributed by atoms with E-state index in [4.69, 9.17) is 16.3 Å². The van der Waals surface area contributed by atoms with Crippen LogP contribution in [-0.4, -0.2) is 69.1 Å². The minimum atomic E-state index is -4.35. The number of hydrogen-bond donors (Lipinski definition) is 1. The molecule has 190 valence electrons. The lowest BCUT2D eigenvalue weighted by Gasteiger charge is -2.44. The predicted molar refractivity (Wildman–Crippen MR) is 127 cm³/mol. The summed E-state index contributed by atoms with van der Waals surface area (Å²) in [6.45, 7) is 5.19. The predicted octanol–water partition coefficient (Wildman–Crippen LogP) is 3.02. The molecule has 12 heteroatoms. The SMILES string of the molecule is COC(=O)NS(=O)(=O)c1cc(Cl)ccc1OCC(=O)N1C[C@H](C)N(Cc2ccc(F)cc2)C[C@H]1C. The smallest absolute Gasteiger partial charge is 0.420 e. The van der Waals surface area contributed by atoms with Crippen LogP contribution in [0.1, 0.15) is 19.4 Å². The van der Waals surface area contributed by atoms with Crippen LogP contribution in [0.5, 0.6) is 5.75 Å². The Bertz CT molecular complexity index is 1180. The first-order valence-electron chi connectivity index (χ1n) is 10.8. The van der Waals surface area contributed by atoms with Crippen molar-refractivity contribution in [3.63, 3.8) is 0 Å². The van der Waals surface area contributed by atoms with Crippen molar-refractivity contribution in [1.29, 1.82) is 0 Å². The van der Waals surface area contributed by atoms with Gasteiger partial charge in [0.2, 0.25) is 0 Å². The van der Waals surface area contributed by atoms with Crippen LogP contribution in [0.3, 0.4) is 0 Å². The second-order valence-electron chi connectivity index (χ2n) is 8.28. The van der Waals surface area contributed by atoms with E-state index < -0.39 is 27.6 Å². The number of methoxy groups -OCH3 is 1. The van der Waals surface area contributed by atoms with Crippen LogP contribution in [0.25, 0.3) is 0 Å². The number of benzene rings is 2. The highest BCUT2D eigenvalue weighted by molar-refractivity contribution is 7.90. The van der Waals surface area contributed by atoms with Crippen LogP contribution in [0.2, 0.25) is 5.02 Å². The van der Waals surface area contributed by atoms with E-state index in [1.807, 2.05) is 13.8 Å². The van der Waals surface area contributed by atoms with Crippen molar-refractivity contribution in [1.82, 2.24) is 14.5 Å². The van der Waals surface area contributed by atoms with Crippen molar-refractivity contribution in [2.45, 2.75) is 37.4 Å².